The van der Waals surface area contributed by atoms with E-state index in [-0.39, 0.29) is 31.7 Å². The molecule has 0 unspecified atom stereocenters. The van der Waals surface area contributed by atoms with E-state index in [0.29, 0.717) is 0 Å². The van der Waals surface area contributed by atoms with Crippen LogP contribution in [-0.2, 0) is 18.8 Å². The van der Waals surface area contributed by atoms with Crippen molar-refractivity contribution in [2.45, 2.75) is 0 Å². The number of hydrogen-bond donors (Lipinski definition) is 0. The maximum atomic E-state index is 4.72. The van der Waals surface area contributed by atoms with Gasteiger partial charge in [0, 0.05) is 0 Å². The summed E-state index contributed by atoms with van der Waals surface area (Å²) < 4.78 is 0. The van der Waals surface area contributed by atoms with Gasteiger partial charge in [0.2, 0.25) is 0 Å². The predicted octanol–water partition coefficient (Wildman–Crippen LogP) is 11.7. The van der Waals surface area contributed by atoms with Crippen molar-refractivity contribution in [1.82, 2.24) is 0 Å². The zero-order chi connectivity index (χ0) is 41.2. The van der Waals surface area contributed by atoms with Gasteiger partial charge < -0.3 is 0 Å². The Morgan fingerprint density at radius 3 is 0.379 bits per heavy atom. The topological polar surface area (TPSA) is 0 Å². The van der Waals surface area contributed by atoms with E-state index in [1.165, 1.54) is 42.4 Å². The molecule has 0 aliphatic heterocycles. The van der Waals surface area contributed by atoms with Crippen LogP contribution in [0.5, 0.6) is 0 Å². The average Bonchev–Trinajstić information content (AvgIpc) is 3.34. The Labute approximate surface area is 369 Å². The number of hydrogen-bond acceptors (Lipinski definition) is 0. The van der Waals surface area contributed by atoms with Gasteiger partial charge in [-0.05, 0) is 101 Å². The number of rotatable bonds is 8. The van der Waals surface area contributed by atoms with E-state index < -0.39 is 0 Å². The Hall–Kier alpha value is -3.54. The Kier molecular flexibility index (Phi) is 22.8. The Morgan fingerprint density at radius 2 is 0.293 bits per heavy atom. The third-order valence-corrected chi connectivity index (χ3v) is 17.7. The zero-order valence-electron chi connectivity index (χ0n) is 33.7. The van der Waals surface area contributed by atoms with Gasteiger partial charge in [0.25, 0.3) is 0 Å². The first-order chi connectivity index (χ1) is 28.5. The summed E-state index contributed by atoms with van der Waals surface area (Å²) in [4.78, 5) is 0. The van der Waals surface area contributed by atoms with E-state index >= 15 is 0 Å². The molecule has 0 amide bonds. The Morgan fingerprint density at radius 1 is 0.207 bits per heavy atom. The second-order valence-corrected chi connectivity index (χ2v) is 21.5. The van der Waals surface area contributed by atoms with Crippen LogP contribution in [0.4, 0.5) is 0 Å². The van der Waals surface area contributed by atoms with Crippen LogP contribution in [0, 0.1) is 0 Å². The summed E-state index contributed by atoms with van der Waals surface area (Å²) >= 11 is 1.06. The third kappa shape index (κ3) is 16.2. The van der Waals surface area contributed by atoms with Crippen molar-refractivity contribution in [2.75, 3.05) is 26.7 Å². The molecule has 8 aromatic carbocycles. The van der Waals surface area contributed by atoms with Gasteiger partial charge in [0.05, 0.1) is 0 Å². The van der Waals surface area contributed by atoms with Crippen LogP contribution in [0.15, 0.2) is 243 Å². The molecule has 58 heavy (non-hydrogen) atoms. The van der Waals surface area contributed by atoms with Crippen LogP contribution < -0.4 is 42.4 Å². The van der Waals surface area contributed by atoms with E-state index in [0.717, 1.165) is 18.8 Å². The van der Waals surface area contributed by atoms with Crippen molar-refractivity contribution in [1.29, 1.82) is 0 Å². The molecule has 0 aliphatic rings. The van der Waals surface area contributed by atoms with Gasteiger partial charge >= 0.3 is 28.2 Å². The molecule has 0 atom stereocenters. The van der Waals surface area contributed by atoms with Crippen LogP contribution in [0.25, 0.3) is 0 Å². The standard InChI is InChI=1S/4C13H13P.ClH.W/c4*1-14(12-8-4-2-5-9-12)13-10-6-3-7-11-13;;/h4*2-11H,1H3;1H;/q;;;;;+1/p-1. The molecular formula is C52H52ClP4W. The minimum atomic E-state index is -0.171. The molecular weight excluding hydrogens is 968 g/mol. The van der Waals surface area contributed by atoms with E-state index in [1.54, 1.807) is 0 Å². The van der Waals surface area contributed by atoms with Crippen molar-refractivity contribution in [3.8, 4) is 0 Å². The van der Waals surface area contributed by atoms with Gasteiger partial charge in [0.1, 0.15) is 0 Å². The molecule has 0 bridgehead atoms. The van der Waals surface area contributed by atoms with Gasteiger partial charge in [0.15, 0.2) is 0 Å². The van der Waals surface area contributed by atoms with Crippen LogP contribution in [0.2, 0.25) is 0 Å². The van der Waals surface area contributed by atoms with Crippen LogP contribution in [-0.4, -0.2) is 26.7 Å². The van der Waals surface area contributed by atoms with Crippen LogP contribution in [0.1, 0.15) is 0 Å². The van der Waals surface area contributed by atoms with Crippen LogP contribution >= 0.6 is 41.1 Å². The first kappa shape index (κ1) is 47.1. The normalized spacial score (nSPS) is 10.2. The van der Waals surface area contributed by atoms with Crippen molar-refractivity contribution in [2.24, 2.45) is 0 Å². The molecule has 6 heteroatoms. The molecule has 8 aromatic rings. The molecule has 0 saturated carbocycles. The number of halogens is 1. The van der Waals surface area contributed by atoms with Crippen molar-refractivity contribution < 1.29 is 18.8 Å². The fourth-order valence-electron chi connectivity index (χ4n) is 5.81. The summed E-state index contributed by atoms with van der Waals surface area (Å²) in [6, 6.07) is 85.6. The summed E-state index contributed by atoms with van der Waals surface area (Å²) in [5, 5.41) is 11.5. The van der Waals surface area contributed by atoms with Crippen molar-refractivity contribution in [3.05, 3.63) is 243 Å². The molecule has 0 aromatic heterocycles. The monoisotopic (exact) mass is 1020 g/mol. The zero-order valence-corrected chi connectivity index (χ0v) is 40.9. The molecule has 8 rings (SSSR count). The third-order valence-electron chi connectivity index (χ3n) is 9.15. The van der Waals surface area contributed by atoms with E-state index in [1.807, 2.05) is 0 Å². The maximum absolute atomic E-state index is 4.72. The molecule has 0 fully saturated rings. The van der Waals surface area contributed by atoms with Gasteiger partial charge in [-0.15, -0.1) is 0 Å². The van der Waals surface area contributed by atoms with Crippen molar-refractivity contribution in [3.63, 3.8) is 0 Å². The fourth-order valence-corrected chi connectivity index (χ4v) is 12.0. The SMILES string of the molecule is CP(c1ccccc1)c1ccccc1.CP(c1ccccc1)c1ccccc1.CP(c1ccccc1)c1ccccc1.CP(c1ccccc1)c1ccccc1.[Cl][W]. The van der Waals surface area contributed by atoms with Gasteiger partial charge in [-0.2, -0.15) is 0 Å². The van der Waals surface area contributed by atoms with Gasteiger partial charge in [-0.1, -0.05) is 243 Å². The van der Waals surface area contributed by atoms with Gasteiger partial charge in [-0.25, -0.2) is 0 Å². The molecule has 0 heterocycles. The summed E-state index contributed by atoms with van der Waals surface area (Å²) in [5.74, 6) is 0. The molecule has 0 radical (unpaired) electrons. The second-order valence-electron chi connectivity index (χ2n) is 12.9. The van der Waals surface area contributed by atoms with Gasteiger partial charge in [-0.3, -0.25) is 0 Å². The van der Waals surface area contributed by atoms with E-state index in [2.05, 4.69) is 269 Å². The summed E-state index contributed by atoms with van der Waals surface area (Å²) in [7, 11) is 4.04. The molecule has 0 N–H and O–H groups in total. The predicted molar refractivity (Wildman–Crippen MR) is 266 cm³/mol. The molecule has 0 spiro atoms. The Bertz CT molecular complexity index is 1700. The summed E-state index contributed by atoms with van der Waals surface area (Å²) in [5.41, 5.74) is 0. The fraction of sp³-hybridized carbons (Fsp3) is 0.0769. The van der Waals surface area contributed by atoms with Crippen LogP contribution in [0.3, 0.4) is 0 Å². The average molecular weight is 1020 g/mol. The van der Waals surface area contributed by atoms with E-state index in [9.17, 15) is 0 Å². The molecule has 0 aliphatic carbocycles. The van der Waals surface area contributed by atoms with E-state index in [4.69, 9.17) is 9.42 Å². The first-order valence-electron chi connectivity index (χ1n) is 19.0. The molecule has 0 nitrogen and oxygen atoms in total. The summed E-state index contributed by atoms with van der Waals surface area (Å²) in [6.07, 6.45) is 0. The minimum absolute atomic E-state index is 0.171. The molecule has 293 valence electrons. The molecule has 0 saturated heterocycles. The number of benzene rings is 8. The second kappa shape index (κ2) is 28.0. The first-order valence-corrected chi connectivity index (χ1v) is 29.8. The van der Waals surface area contributed by atoms with Crippen molar-refractivity contribution >= 4 is 83.5 Å². The summed E-state index contributed by atoms with van der Waals surface area (Å²) in [6.45, 7) is 9.22. The quantitative estimate of drug-likeness (QED) is 0.133. The Balaban J connectivity index is 0.000000169.